The molecule has 1 spiro atoms. The summed E-state index contributed by atoms with van der Waals surface area (Å²) in [5.41, 5.74) is -0.0676. The van der Waals surface area contributed by atoms with E-state index in [1.807, 2.05) is 0 Å². The lowest BCUT2D eigenvalue weighted by Crippen LogP contribution is -2.29. The maximum atomic E-state index is 11.4. The molecule has 1 aliphatic carbocycles. The van der Waals surface area contributed by atoms with Crippen molar-refractivity contribution in [2.45, 2.75) is 57.2 Å². The molecular formula is C11H18O3. The predicted molar refractivity (Wildman–Crippen MR) is 51.9 cm³/mol. The lowest BCUT2D eigenvalue weighted by atomic mass is 9.82. The first-order valence-electron chi connectivity index (χ1n) is 5.63. The van der Waals surface area contributed by atoms with Gasteiger partial charge >= 0.3 is 5.97 Å². The fourth-order valence-electron chi connectivity index (χ4n) is 1.97. The van der Waals surface area contributed by atoms with Gasteiger partial charge < -0.3 is 9.47 Å². The normalized spacial score (nSPS) is 27.1. The lowest BCUT2D eigenvalue weighted by Gasteiger charge is -2.21. The first-order chi connectivity index (χ1) is 6.78. The van der Waals surface area contributed by atoms with Crippen LogP contribution in [0.2, 0.25) is 0 Å². The SMILES string of the molecule is CCCCCOC(=O)C1OC12CCC2. The van der Waals surface area contributed by atoms with Gasteiger partial charge in [0.2, 0.25) is 0 Å². The summed E-state index contributed by atoms with van der Waals surface area (Å²) in [5.74, 6) is -0.138. The summed E-state index contributed by atoms with van der Waals surface area (Å²) in [4.78, 5) is 11.4. The van der Waals surface area contributed by atoms with Crippen molar-refractivity contribution < 1.29 is 14.3 Å². The minimum absolute atomic E-state index is 0.0676. The van der Waals surface area contributed by atoms with Crippen molar-refractivity contribution in [3.05, 3.63) is 0 Å². The highest BCUT2D eigenvalue weighted by molar-refractivity contribution is 5.79. The number of esters is 1. The molecule has 0 N–H and O–H groups in total. The highest BCUT2D eigenvalue weighted by Crippen LogP contribution is 2.52. The van der Waals surface area contributed by atoms with Crippen molar-refractivity contribution in [2.75, 3.05) is 6.61 Å². The third-order valence-electron chi connectivity index (χ3n) is 3.18. The first-order valence-corrected chi connectivity index (χ1v) is 5.63. The molecule has 0 aromatic carbocycles. The Hall–Kier alpha value is -0.570. The van der Waals surface area contributed by atoms with Crippen LogP contribution in [-0.4, -0.2) is 24.3 Å². The predicted octanol–water partition coefficient (Wildman–Crippen LogP) is 2.04. The highest BCUT2D eigenvalue weighted by Gasteiger charge is 2.64. The number of hydrogen-bond acceptors (Lipinski definition) is 3. The van der Waals surface area contributed by atoms with Crippen LogP contribution >= 0.6 is 0 Å². The van der Waals surface area contributed by atoms with Crippen LogP contribution in [0.4, 0.5) is 0 Å². The minimum Gasteiger partial charge on any atom is -0.464 e. The Morgan fingerprint density at radius 1 is 1.50 bits per heavy atom. The van der Waals surface area contributed by atoms with Crippen LogP contribution in [0.3, 0.4) is 0 Å². The number of hydrogen-bond donors (Lipinski definition) is 0. The van der Waals surface area contributed by atoms with E-state index in [9.17, 15) is 4.79 Å². The van der Waals surface area contributed by atoms with Crippen molar-refractivity contribution in [2.24, 2.45) is 0 Å². The highest BCUT2D eigenvalue weighted by atomic mass is 16.7. The standard InChI is InChI=1S/C11H18O3/c1-2-3-4-8-13-10(12)9-11(14-9)6-5-7-11/h9H,2-8H2,1H3. The van der Waals surface area contributed by atoms with Crippen molar-refractivity contribution in [3.63, 3.8) is 0 Å². The maximum absolute atomic E-state index is 11.4. The van der Waals surface area contributed by atoms with E-state index in [0.29, 0.717) is 6.61 Å². The smallest absolute Gasteiger partial charge is 0.338 e. The molecule has 1 unspecified atom stereocenters. The molecule has 0 aromatic heterocycles. The zero-order valence-corrected chi connectivity index (χ0v) is 8.75. The molecule has 1 heterocycles. The van der Waals surface area contributed by atoms with Crippen molar-refractivity contribution in [1.82, 2.24) is 0 Å². The summed E-state index contributed by atoms with van der Waals surface area (Å²) >= 11 is 0. The van der Waals surface area contributed by atoms with Crippen LogP contribution < -0.4 is 0 Å². The van der Waals surface area contributed by atoms with E-state index < -0.39 is 0 Å². The molecule has 80 valence electrons. The van der Waals surface area contributed by atoms with E-state index in [-0.39, 0.29) is 17.7 Å². The summed E-state index contributed by atoms with van der Waals surface area (Å²) < 4.78 is 10.5. The van der Waals surface area contributed by atoms with Gasteiger partial charge in [0, 0.05) is 0 Å². The molecule has 2 fully saturated rings. The van der Waals surface area contributed by atoms with E-state index in [1.54, 1.807) is 0 Å². The monoisotopic (exact) mass is 198 g/mol. The number of carbonyl (C=O) groups excluding carboxylic acids is 1. The molecule has 1 saturated carbocycles. The molecule has 0 bridgehead atoms. The topological polar surface area (TPSA) is 38.8 Å². The fourth-order valence-corrected chi connectivity index (χ4v) is 1.97. The Morgan fingerprint density at radius 2 is 2.29 bits per heavy atom. The Morgan fingerprint density at radius 3 is 2.79 bits per heavy atom. The van der Waals surface area contributed by atoms with Gasteiger partial charge in [0.05, 0.1) is 6.61 Å². The zero-order chi connectivity index (χ0) is 10.0. The molecule has 1 atom stereocenters. The molecular weight excluding hydrogens is 180 g/mol. The van der Waals surface area contributed by atoms with Crippen LogP contribution in [0.1, 0.15) is 45.4 Å². The minimum atomic E-state index is -0.224. The fraction of sp³-hybridized carbons (Fsp3) is 0.909. The van der Waals surface area contributed by atoms with Crippen LogP contribution in [0.5, 0.6) is 0 Å². The van der Waals surface area contributed by atoms with Crippen molar-refractivity contribution in [3.8, 4) is 0 Å². The number of epoxide rings is 1. The van der Waals surface area contributed by atoms with Gasteiger partial charge in [-0.15, -0.1) is 0 Å². The van der Waals surface area contributed by atoms with E-state index >= 15 is 0 Å². The molecule has 2 aliphatic rings. The molecule has 0 aromatic rings. The van der Waals surface area contributed by atoms with Crippen LogP contribution in [-0.2, 0) is 14.3 Å². The number of unbranched alkanes of at least 4 members (excludes halogenated alkanes) is 2. The quantitative estimate of drug-likeness (QED) is 0.385. The summed E-state index contributed by atoms with van der Waals surface area (Å²) in [7, 11) is 0. The average Bonchev–Trinajstić information content (AvgIpc) is 2.86. The molecule has 1 aliphatic heterocycles. The van der Waals surface area contributed by atoms with Crippen LogP contribution in [0.25, 0.3) is 0 Å². The van der Waals surface area contributed by atoms with E-state index in [2.05, 4.69) is 6.92 Å². The van der Waals surface area contributed by atoms with Crippen molar-refractivity contribution in [1.29, 1.82) is 0 Å². The Balaban J connectivity index is 1.60. The molecule has 1 saturated heterocycles. The Bertz CT molecular complexity index is 221. The van der Waals surface area contributed by atoms with Gasteiger partial charge in [-0.1, -0.05) is 19.8 Å². The van der Waals surface area contributed by atoms with E-state index in [1.165, 1.54) is 6.42 Å². The maximum Gasteiger partial charge on any atom is 0.338 e. The van der Waals surface area contributed by atoms with Gasteiger partial charge in [-0.25, -0.2) is 4.79 Å². The van der Waals surface area contributed by atoms with Gasteiger partial charge in [0.15, 0.2) is 6.10 Å². The summed E-state index contributed by atoms with van der Waals surface area (Å²) in [6.07, 6.45) is 6.31. The second-order valence-corrected chi connectivity index (χ2v) is 4.29. The molecule has 0 radical (unpaired) electrons. The average molecular weight is 198 g/mol. The number of carbonyl (C=O) groups is 1. The van der Waals surface area contributed by atoms with Gasteiger partial charge in [0.1, 0.15) is 5.60 Å². The molecule has 14 heavy (non-hydrogen) atoms. The summed E-state index contributed by atoms with van der Waals surface area (Å²) in [6, 6.07) is 0. The number of rotatable bonds is 5. The van der Waals surface area contributed by atoms with Gasteiger partial charge in [-0.2, -0.15) is 0 Å². The van der Waals surface area contributed by atoms with Crippen LogP contribution in [0, 0.1) is 0 Å². The molecule has 2 rings (SSSR count). The number of ether oxygens (including phenoxy) is 2. The third-order valence-corrected chi connectivity index (χ3v) is 3.18. The molecule has 3 heteroatoms. The summed E-state index contributed by atoms with van der Waals surface area (Å²) in [6.45, 7) is 2.69. The second-order valence-electron chi connectivity index (χ2n) is 4.29. The molecule has 0 amide bonds. The van der Waals surface area contributed by atoms with Crippen molar-refractivity contribution >= 4 is 5.97 Å². The summed E-state index contributed by atoms with van der Waals surface area (Å²) in [5, 5.41) is 0. The first kappa shape index (κ1) is 9.97. The largest absolute Gasteiger partial charge is 0.464 e. The lowest BCUT2D eigenvalue weighted by molar-refractivity contribution is -0.145. The van der Waals surface area contributed by atoms with Gasteiger partial charge in [-0.05, 0) is 25.7 Å². The van der Waals surface area contributed by atoms with Gasteiger partial charge in [-0.3, -0.25) is 0 Å². The van der Waals surface area contributed by atoms with Gasteiger partial charge in [0.25, 0.3) is 0 Å². The molecule has 3 nitrogen and oxygen atoms in total. The Labute approximate surface area is 84.8 Å². The second kappa shape index (κ2) is 3.89. The Kier molecular flexibility index (Phi) is 2.77. The third kappa shape index (κ3) is 1.78. The van der Waals surface area contributed by atoms with Crippen LogP contribution in [0.15, 0.2) is 0 Å². The van der Waals surface area contributed by atoms with E-state index in [4.69, 9.17) is 9.47 Å². The van der Waals surface area contributed by atoms with E-state index in [0.717, 1.165) is 32.1 Å². The zero-order valence-electron chi connectivity index (χ0n) is 8.75.